The SMILES string of the molecule is COc1ccc(CN2CCOC[C@](O)(COc3ccc(F)cc3)C2)cc1OCCn1cc(C)cn1. The number of ether oxygens (including phenoxy) is 4. The minimum absolute atomic E-state index is 0.0407. The lowest BCUT2D eigenvalue weighted by molar-refractivity contribution is -0.0646. The first-order chi connectivity index (χ1) is 16.9. The van der Waals surface area contributed by atoms with Crippen LogP contribution in [0.25, 0.3) is 0 Å². The molecule has 0 amide bonds. The Balaban J connectivity index is 1.37. The van der Waals surface area contributed by atoms with E-state index < -0.39 is 5.60 Å². The maximum Gasteiger partial charge on any atom is 0.161 e. The molecule has 2 heterocycles. The average molecular weight is 486 g/mol. The van der Waals surface area contributed by atoms with Gasteiger partial charge in [-0.05, 0) is 54.4 Å². The molecule has 0 radical (unpaired) electrons. The molecule has 1 fully saturated rings. The van der Waals surface area contributed by atoms with Crippen LogP contribution in [0.1, 0.15) is 11.1 Å². The van der Waals surface area contributed by atoms with Gasteiger partial charge in [-0.15, -0.1) is 0 Å². The summed E-state index contributed by atoms with van der Waals surface area (Å²) in [6.07, 6.45) is 3.79. The lowest BCUT2D eigenvalue weighted by Crippen LogP contribution is -2.48. The number of hydrogen-bond acceptors (Lipinski definition) is 7. The van der Waals surface area contributed by atoms with Gasteiger partial charge in [0.25, 0.3) is 0 Å². The third-order valence-electron chi connectivity index (χ3n) is 5.74. The molecule has 0 saturated carbocycles. The molecule has 1 aromatic heterocycles. The Morgan fingerprint density at radius 1 is 1.14 bits per heavy atom. The maximum absolute atomic E-state index is 13.1. The van der Waals surface area contributed by atoms with Crippen molar-refractivity contribution in [2.45, 2.75) is 25.6 Å². The minimum atomic E-state index is -1.20. The molecule has 1 N–H and O–H groups in total. The highest BCUT2D eigenvalue weighted by Gasteiger charge is 2.33. The van der Waals surface area contributed by atoms with E-state index >= 15 is 0 Å². The largest absolute Gasteiger partial charge is 0.493 e. The van der Waals surface area contributed by atoms with Gasteiger partial charge in [0, 0.05) is 25.8 Å². The zero-order valence-corrected chi connectivity index (χ0v) is 20.2. The number of aromatic nitrogens is 2. The summed E-state index contributed by atoms with van der Waals surface area (Å²) in [5.41, 5.74) is 0.937. The van der Waals surface area contributed by atoms with E-state index in [4.69, 9.17) is 18.9 Å². The van der Waals surface area contributed by atoms with E-state index in [0.717, 1.165) is 11.1 Å². The second-order valence-corrected chi connectivity index (χ2v) is 8.84. The second-order valence-electron chi connectivity index (χ2n) is 8.84. The van der Waals surface area contributed by atoms with Crippen molar-refractivity contribution >= 4 is 0 Å². The summed E-state index contributed by atoms with van der Waals surface area (Å²) in [5.74, 6) is 1.49. The van der Waals surface area contributed by atoms with Crippen LogP contribution in [0.3, 0.4) is 0 Å². The molecule has 0 spiro atoms. The van der Waals surface area contributed by atoms with Crippen LogP contribution in [0.15, 0.2) is 54.9 Å². The molecule has 1 aliphatic rings. The second kappa shape index (κ2) is 11.5. The summed E-state index contributed by atoms with van der Waals surface area (Å²) in [7, 11) is 1.62. The molecule has 188 valence electrons. The highest BCUT2D eigenvalue weighted by atomic mass is 19.1. The third-order valence-corrected chi connectivity index (χ3v) is 5.74. The first-order valence-corrected chi connectivity index (χ1v) is 11.6. The van der Waals surface area contributed by atoms with Crippen LogP contribution < -0.4 is 14.2 Å². The summed E-state index contributed by atoms with van der Waals surface area (Å²) in [5, 5.41) is 15.4. The predicted octanol–water partition coefficient (Wildman–Crippen LogP) is 3.06. The normalized spacial score (nSPS) is 18.7. The van der Waals surface area contributed by atoms with Crippen molar-refractivity contribution in [3.63, 3.8) is 0 Å². The van der Waals surface area contributed by atoms with E-state index in [1.807, 2.05) is 42.2 Å². The molecular weight excluding hydrogens is 453 g/mol. The molecule has 35 heavy (non-hydrogen) atoms. The lowest BCUT2D eigenvalue weighted by atomic mass is 10.1. The van der Waals surface area contributed by atoms with Crippen molar-refractivity contribution < 1.29 is 28.4 Å². The number of β-amino-alcohol motifs (C(OH)–C–C–N with tert-alkyl or cyclic N) is 1. The molecule has 2 aromatic carbocycles. The monoisotopic (exact) mass is 485 g/mol. The van der Waals surface area contributed by atoms with Gasteiger partial charge in [-0.2, -0.15) is 5.10 Å². The Hall–Kier alpha value is -3.14. The first-order valence-electron chi connectivity index (χ1n) is 11.6. The van der Waals surface area contributed by atoms with Gasteiger partial charge in [0.2, 0.25) is 0 Å². The van der Waals surface area contributed by atoms with Crippen LogP contribution in [0.2, 0.25) is 0 Å². The van der Waals surface area contributed by atoms with E-state index in [1.54, 1.807) is 19.2 Å². The van der Waals surface area contributed by atoms with Crippen molar-refractivity contribution in [2.24, 2.45) is 0 Å². The van der Waals surface area contributed by atoms with Crippen LogP contribution >= 0.6 is 0 Å². The standard InChI is InChI=1S/C26H32FN3O5/c1-20-14-28-30(15-20)10-12-34-25-13-21(3-8-24(25)32-2)16-29-9-11-33-18-26(31,17-29)19-35-23-6-4-22(27)5-7-23/h3-8,13-15,31H,9-12,16-19H2,1-2H3/t26-/m0/s1. The van der Waals surface area contributed by atoms with E-state index in [9.17, 15) is 9.50 Å². The summed E-state index contributed by atoms with van der Waals surface area (Å²) in [6, 6.07) is 11.6. The van der Waals surface area contributed by atoms with Gasteiger partial charge in [0.15, 0.2) is 11.5 Å². The zero-order chi connectivity index (χ0) is 24.7. The number of aliphatic hydroxyl groups is 1. The quantitative estimate of drug-likeness (QED) is 0.473. The fourth-order valence-electron chi connectivity index (χ4n) is 4.00. The van der Waals surface area contributed by atoms with Gasteiger partial charge in [0.1, 0.15) is 30.4 Å². The van der Waals surface area contributed by atoms with Gasteiger partial charge in [-0.1, -0.05) is 6.07 Å². The molecule has 9 heteroatoms. The highest BCUT2D eigenvalue weighted by Crippen LogP contribution is 2.29. The fourth-order valence-corrected chi connectivity index (χ4v) is 4.00. The molecule has 0 unspecified atom stereocenters. The molecule has 0 bridgehead atoms. The summed E-state index contributed by atoms with van der Waals surface area (Å²) < 4.78 is 37.8. The fraction of sp³-hybridized carbons (Fsp3) is 0.423. The maximum atomic E-state index is 13.1. The smallest absolute Gasteiger partial charge is 0.161 e. The number of methoxy groups -OCH3 is 1. The summed E-state index contributed by atoms with van der Waals surface area (Å²) in [6.45, 7) is 5.43. The number of benzene rings is 2. The molecule has 0 aliphatic carbocycles. The zero-order valence-electron chi connectivity index (χ0n) is 20.2. The number of rotatable bonds is 10. The van der Waals surface area contributed by atoms with E-state index in [0.29, 0.717) is 56.6 Å². The van der Waals surface area contributed by atoms with Gasteiger partial charge >= 0.3 is 0 Å². The van der Waals surface area contributed by atoms with Crippen LogP contribution in [-0.4, -0.2) is 72.0 Å². The van der Waals surface area contributed by atoms with Gasteiger partial charge in [-0.25, -0.2) is 4.39 Å². The first kappa shape index (κ1) is 25.0. The Bertz CT molecular complexity index is 1090. The summed E-state index contributed by atoms with van der Waals surface area (Å²) in [4.78, 5) is 2.12. The van der Waals surface area contributed by atoms with Crippen molar-refractivity contribution in [3.05, 3.63) is 71.8 Å². The third kappa shape index (κ3) is 7.17. The molecule has 1 atom stereocenters. The molecule has 3 aromatic rings. The van der Waals surface area contributed by atoms with Crippen LogP contribution in [-0.2, 0) is 17.8 Å². The summed E-state index contributed by atoms with van der Waals surface area (Å²) >= 11 is 0. The number of aryl methyl sites for hydroxylation is 1. The minimum Gasteiger partial charge on any atom is -0.493 e. The Morgan fingerprint density at radius 2 is 1.97 bits per heavy atom. The molecule has 1 saturated heterocycles. The Kier molecular flexibility index (Phi) is 8.22. The topological polar surface area (TPSA) is 78.2 Å². The molecule has 8 nitrogen and oxygen atoms in total. The van der Waals surface area contributed by atoms with Crippen molar-refractivity contribution in [1.29, 1.82) is 0 Å². The number of halogens is 1. The van der Waals surface area contributed by atoms with Crippen molar-refractivity contribution in [3.8, 4) is 17.2 Å². The van der Waals surface area contributed by atoms with Gasteiger partial charge < -0.3 is 24.1 Å². The number of nitrogens with zero attached hydrogens (tertiary/aromatic N) is 3. The van der Waals surface area contributed by atoms with E-state index in [2.05, 4.69) is 10.00 Å². The average Bonchev–Trinajstić information content (AvgIpc) is 3.17. The van der Waals surface area contributed by atoms with E-state index in [1.165, 1.54) is 12.1 Å². The Morgan fingerprint density at radius 3 is 2.71 bits per heavy atom. The molecular formula is C26H32FN3O5. The molecule has 1 aliphatic heterocycles. The van der Waals surface area contributed by atoms with Crippen LogP contribution in [0, 0.1) is 12.7 Å². The van der Waals surface area contributed by atoms with Crippen molar-refractivity contribution in [2.75, 3.05) is 46.6 Å². The Labute approximate surface area is 204 Å². The van der Waals surface area contributed by atoms with Crippen LogP contribution in [0.4, 0.5) is 4.39 Å². The van der Waals surface area contributed by atoms with Gasteiger partial charge in [-0.3, -0.25) is 9.58 Å². The van der Waals surface area contributed by atoms with Crippen LogP contribution in [0.5, 0.6) is 17.2 Å². The molecule has 4 rings (SSSR count). The lowest BCUT2D eigenvalue weighted by Gasteiger charge is -2.30. The van der Waals surface area contributed by atoms with Gasteiger partial charge in [0.05, 0.1) is 33.1 Å². The predicted molar refractivity (Wildman–Crippen MR) is 128 cm³/mol. The van der Waals surface area contributed by atoms with E-state index in [-0.39, 0.29) is 19.0 Å². The highest BCUT2D eigenvalue weighted by molar-refractivity contribution is 5.43. The van der Waals surface area contributed by atoms with Crippen molar-refractivity contribution in [1.82, 2.24) is 14.7 Å². The number of hydrogen-bond donors (Lipinski definition) is 1.